The number of hydrogen-bond donors (Lipinski definition) is 2. The van der Waals surface area contributed by atoms with Crippen molar-refractivity contribution in [3.05, 3.63) is 29.3 Å². The van der Waals surface area contributed by atoms with E-state index in [0.29, 0.717) is 11.3 Å². The van der Waals surface area contributed by atoms with Gasteiger partial charge in [0.2, 0.25) is 5.91 Å². The van der Waals surface area contributed by atoms with Gasteiger partial charge in [-0.05, 0) is 30.7 Å². The highest BCUT2D eigenvalue weighted by atomic mass is 16.5. The molecule has 1 aromatic rings. The van der Waals surface area contributed by atoms with E-state index in [4.69, 9.17) is 10.5 Å². The molecule has 0 radical (unpaired) electrons. The van der Waals surface area contributed by atoms with Crippen molar-refractivity contribution in [3.8, 4) is 0 Å². The van der Waals surface area contributed by atoms with E-state index in [9.17, 15) is 9.59 Å². The van der Waals surface area contributed by atoms with Gasteiger partial charge in [-0.3, -0.25) is 9.59 Å². The van der Waals surface area contributed by atoms with Crippen LogP contribution < -0.4 is 11.1 Å². The quantitative estimate of drug-likeness (QED) is 0.827. The maximum absolute atomic E-state index is 11.9. The smallest absolute Gasteiger partial charge is 0.253 e. The Hall–Kier alpha value is -1.92. The van der Waals surface area contributed by atoms with E-state index in [1.165, 1.54) is 12.0 Å². The molecule has 0 saturated heterocycles. The van der Waals surface area contributed by atoms with Crippen molar-refractivity contribution in [1.82, 2.24) is 4.90 Å². The average molecular weight is 279 g/mol. The molecule has 0 heterocycles. The fourth-order valence-corrected chi connectivity index (χ4v) is 1.71. The first-order chi connectivity index (χ1) is 9.36. The van der Waals surface area contributed by atoms with E-state index in [-0.39, 0.29) is 18.4 Å². The summed E-state index contributed by atoms with van der Waals surface area (Å²) in [5.41, 5.74) is 7.64. The molecule has 110 valence electrons. The van der Waals surface area contributed by atoms with E-state index in [1.54, 1.807) is 32.3 Å². The molecule has 1 rings (SSSR count). The van der Waals surface area contributed by atoms with Crippen LogP contribution in [0.5, 0.6) is 0 Å². The molecular weight excluding hydrogens is 258 g/mol. The third-order valence-electron chi connectivity index (χ3n) is 2.81. The molecule has 0 fully saturated rings. The predicted octanol–water partition coefficient (Wildman–Crippen LogP) is 0.609. The summed E-state index contributed by atoms with van der Waals surface area (Å²) in [7, 11) is 4.88. The van der Waals surface area contributed by atoms with Gasteiger partial charge >= 0.3 is 0 Å². The molecule has 2 amide bonds. The van der Waals surface area contributed by atoms with Crippen molar-refractivity contribution in [2.24, 2.45) is 5.73 Å². The van der Waals surface area contributed by atoms with Gasteiger partial charge in [-0.2, -0.15) is 0 Å². The number of amides is 2. The third kappa shape index (κ3) is 4.04. The van der Waals surface area contributed by atoms with E-state index in [1.807, 2.05) is 6.92 Å². The highest BCUT2D eigenvalue weighted by Crippen LogP contribution is 2.16. The van der Waals surface area contributed by atoms with E-state index < -0.39 is 6.04 Å². The van der Waals surface area contributed by atoms with Crippen LogP contribution in [-0.2, 0) is 9.53 Å². The standard InChI is InChI=1S/C14H21N3O3/c1-9-7-10(16-13(18)12(15)8-20-4)5-6-11(9)14(19)17(2)3/h5-7,12H,8,15H2,1-4H3,(H,16,18). The summed E-state index contributed by atoms with van der Waals surface area (Å²) in [5.74, 6) is -0.394. The summed E-state index contributed by atoms with van der Waals surface area (Å²) in [4.78, 5) is 25.2. The maximum Gasteiger partial charge on any atom is 0.253 e. The number of carbonyl (C=O) groups is 2. The van der Waals surface area contributed by atoms with E-state index >= 15 is 0 Å². The fraction of sp³-hybridized carbons (Fsp3) is 0.429. The Bertz CT molecular complexity index is 500. The number of rotatable bonds is 5. The number of nitrogens with zero attached hydrogens (tertiary/aromatic N) is 1. The number of methoxy groups -OCH3 is 1. The van der Waals surface area contributed by atoms with Crippen molar-refractivity contribution in [3.63, 3.8) is 0 Å². The Balaban J connectivity index is 2.83. The zero-order valence-corrected chi connectivity index (χ0v) is 12.3. The highest BCUT2D eigenvalue weighted by molar-refractivity contribution is 5.98. The molecule has 0 aromatic heterocycles. The summed E-state index contributed by atoms with van der Waals surface area (Å²) < 4.78 is 4.83. The van der Waals surface area contributed by atoms with E-state index in [0.717, 1.165) is 5.56 Å². The van der Waals surface area contributed by atoms with Crippen molar-refractivity contribution >= 4 is 17.5 Å². The van der Waals surface area contributed by atoms with Gasteiger partial charge in [0.15, 0.2) is 0 Å². The number of anilines is 1. The van der Waals surface area contributed by atoms with Gasteiger partial charge in [0.05, 0.1) is 6.61 Å². The minimum absolute atomic E-state index is 0.0727. The van der Waals surface area contributed by atoms with Gasteiger partial charge in [0, 0.05) is 32.5 Å². The molecule has 0 spiro atoms. The second kappa shape index (κ2) is 7.02. The van der Waals surface area contributed by atoms with Gasteiger partial charge in [0.25, 0.3) is 5.91 Å². The number of aryl methyl sites for hydroxylation is 1. The Kier molecular flexibility index (Phi) is 5.66. The summed E-state index contributed by atoms with van der Waals surface area (Å²) >= 11 is 0. The first-order valence-corrected chi connectivity index (χ1v) is 6.24. The van der Waals surface area contributed by atoms with Crippen LogP contribution in [0.3, 0.4) is 0 Å². The molecule has 0 aliphatic carbocycles. The molecule has 6 heteroatoms. The van der Waals surface area contributed by atoms with Crippen LogP contribution in [0.4, 0.5) is 5.69 Å². The minimum atomic E-state index is -0.719. The lowest BCUT2D eigenvalue weighted by molar-refractivity contribution is -0.118. The van der Waals surface area contributed by atoms with Gasteiger partial charge in [-0.25, -0.2) is 0 Å². The number of nitrogens with two attached hydrogens (primary N) is 1. The monoisotopic (exact) mass is 279 g/mol. The third-order valence-corrected chi connectivity index (χ3v) is 2.81. The molecule has 6 nitrogen and oxygen atoms in total. The van der Waals surface area contributed by atoms with Gasteiger partial charge in [-0.15, -0.1) is 0 Å². The van der Waals surface area contributed by atoms with Crippen LogP contribution in [0.1, 0.15) is 15.9 Å². The van der Waals surface area contributed by atoms with Gasteiger partial charge in [-0.1, -0.05) is 0 Å². The summed E-state index contributed by atoms with van der Waals surface area (Å²) in [6.45, 7) is 1.98. The van der Waals surface area contributed by atoms with Crippen LogP contribution in [0.25, 0.3) is 0 Å². The summed E-state index contributed by atoms with van der Waals surface area (Å²) in [6, 6.07) is 4.40. The molecule has 1 atom stereocenters. The van der Waals surface area contributed by atoms with Crippen molar-refractivity contribution in [1.29, 1.82) is 0 Å². The Labute approximate surface area is 118 Å². The second-order valence-electron chi connectivity index (χ2n) is 4.78. The topological polar surface area (TPSA) is 84.7 Å². The van der Waals surface area contributed by atoms with Crippen molar-refractivity contribution in [2.75, 3.05) is 33.1 Å². The first kappa shape index (κ1) is 16.1. The van der Waals surface area contributed by atoms with Gasteiger partial charge < -0.3 is 20.7 Å². The second-order valence-corrected chi connectivity index (χ2v) is 4.78. The molecule has 3 N–H and O–H groups in total. The Morgan fingerprint density at radius 1 is 1.40 bits per heavy atom. The van der Waals surface area contributed by atoms with Crippen LogP contribution in [0.15, 0.2) is 18.2 Å². The van der Waals surface area contributed by atoms with Crippen LogP contribution in [0.2, 0.25) is 0 Å². The predicted molar refractivity (Wildman–Crippen MR) is 77.7 cm³/mol. The summed E-state index contributed by atoms with van der Waals surface area (Å²) in [5, 5.41) is 2.69. The Morgan fingerprint density at radius 2 is 2.05 bits per heavy atom. The summed E-state index contributed by atoms with van der Waals surface area (Å²) in [6.07, 6.45) is 0. The molecule has 0 aliphatic rings. The highest BCUT2D eigenvalue weighted by Gasteiger charge is 2.15. The largest absolute Gasteiger partial charge is 0.383 e. The first-order valence-electron chi connectivity index (χ1n) is 6.24. The average Bonchev–Trinajstić information content (AvgIpc) is 2.38. The molecule has 0 bridgehead atoms. The fourth-order valence-electron chi connectivity index (χ4n) is 1.71. The van der Waals surface area contributed by atoms with Gasteiger partial charge in [0.1, 0.15) is 6.04 Å². The molecule has 1 aromatic carbocycles. The Morgan fingerprint density at radius 3 is 2.55 bits per heavy atom. The van der Waals surface area contributed by atoms with Crippen LogP contribution >= 0.6 is 0 Å². The lowest BCUT2D eigenvalue weighted by Gasteiger charge is -2.15. The molecule has 0 aliphatic heterocycles. The SMILES string of the molecule is COCC(N)C(=O)Nc1ccc(C(=O)N(C)C)c(C)c1. The normalized spacial score (nSPS) is 11.8. The van der Waals surface area contributed by atoms with Crippen LogP contribution in [0, 0.1) is 6.92 Å². The molecule has 20 heavy (non-hydrogen) atoms. The lowest BCUT2D eigenvalue weighted by Crippen LogP contribution is -2.39. The lowest BCUT2D eigenvalue weighted by atomic mass is 10.1. The maximum atomic E-state index is 11.9. The molecular formula is C14H21N3O3. The molecule has 0 saturated carbocycles. The number of hydrogen-bond acceptors (Lipinski definition) is 4. The van der Waals surface area contributed by atoms with Crippen molar-refractivity contribution in [2.45, 2.75) is 13.0 Å². The zero-order valence-electron chi connectivity index (χ0n) is 12.3. The number of ether oxygens (including phenoxy) is 1. The van der Waals surface area contributed by atoms with E-state index in [2.05, 4.69) is 5.32 Å². The van der Waals surface area contributed by atoms with Crippen LogP contribution in [-0.4, -0.2) is 50.6 Å². The minimum Gasteiger partial charge on any atom is -0.383 e. The zero-order chi connectivity index (χ0) is 15.3. The van der Waals surface area contributed by atoms with Crippen molar-refractivity contribution < 1.29 is 14.3 Å². The number of benzene rings is 1. The number of nitrogens with one attached hydrogen (secondary N) is 1. The molecule has 1 unspecified atom stereocenters. The number of carbonyl (C=O) groups excluding carboxylic acids is 2.